The van der Waals surface area contributed by atoms with Crippen molar-refractivity contribution in [2.24, 2.45) is 0 Å². The Hall–Kier alpha value is -1.95. The van der Waals surface area contributed by atoms with Gasteiger partial charge in [-0.25, -0.2) is 0 Å². The molecule has 0 heterocycles. The van der Waals surface area contributed by atoms with Crippen LogP contribution in [-0.4, -0.2) is 16.6 Å². The second-order valence-corrected chi connectivity index (χ2v) is 4.53. The van der Waals surface area contributed by atoms with Gasteiger partial charge in [-0.1, -0.05) is 11.6 Å². The van der Waals surface area contributed by atoms with Crippen LogP contribution < -0.4 is 5.32 Å². The van der Waals surface area contributed by atoms with Crippen LogP contribution in [0, 0.1) is 17.0 Å². The van der Waals surface area contributed by atoms with E-state index < -0.39 is 4.92 Å². The molecule has 0 unspecified atom stereocenters. The lowest BCUT2D eigenvalue weighted by atomic mass is 10.1. The van der Waals surface area contributed by atoms with Gasteiger partial charge >= 0.3 is 0 Å². The van der Waals surface area contributed by atoms with Crippen LogP contribution in [0.25, 0.3) is 0 Å². The van der Waals surface area contributed by atoms with Crippen LogP contribution in [0.4, 0.5) is 11.4 Å². The quantitative estimate of drug-likeness (QED) is 0.665. The number of benzene rings is 1. The summed E-state index contributed by atoms with van der Waals surface area (Å²) in [6.45, 7) is 3.03. The van der Waals surface area contributed by atoms with Crippen molar-refractivity contribution in [2.45, 2.75) is 26.7 Å². The van der Waals surface area contributed by atoms with Gasteiger partial charge < -0.3 is 10.1 Å². The van der Waals surface area contributed by atoms with E-state index in [0.29, 0.717) is 11.3 Å². The number of carbonyl (C=O) groups excluding carboxylic acids is 2. The van der Waals surface area contributed by atoms with E-state index in [-0.39, 0.29) is 35.2 Å². The lowest BCUT2D eigenvalue weighted by molar-refractivity contribution is -0.384. The smallest absolute Gasteiger partial charge is 0.288 e. The Morgan fingerprint density at radius 2 is 2.00 bits per heavy atom. The molecule has 0 aliphatic carbocycles. The fraction of sp³-hybridized carbons (Fsp3) is 0.333. The molecule has 1 aromatic carbocycles. The van der Waals surface area contributed by atoms with Crippen molar-refractivity contribution in [3.05, 3.63) is 32.8 Å². The van der Waals surface area contributed by atoms with Gasteiger partial charge in [0.2, 0.25) is 5.91 Å². The van der Waals surface area contributed by atoms with E-state index in [1.807, 2.05) is 0 Å². The molecule has 0 aliphatic heterocycles. The molecule has 0 atom stereocenters. The lowest BCUT2D eigenvalue weighted by Gasteiger charge is -2.08. The standard InChI is InChI=1S/C12H13ClN2O4/c1-7-5-11(15(18)19)9(13)6-10(7)14-12(17)4-3-8(2)16/h5-6H,3-4H2,1-2H3,(H,14,17). The van der Waals surface area contributed by atoms with Crippen molar-refractivity contribution in [3.63, 3.8) is 0 Å². The lowest BCUT2D eigenvalue weighted by Crippen LogP contribution is -2.13. The molecule has 0 saturated heterocycles. The van der Waals surface area contributed by atoms with E-state index in [9.17, 15) is 19.7 Å². The molecule has 7 heteroatoms. The maximum Gasteiger partial charge on any atom is 0.288 e. The van der Waals surface area contributed by atoms with Gasteiger partial charge in [0, 0.05) is 24.6 Å². The number of nitrogens with zero attached hydrogens (tertiary/aromatic N) is 1. The second-order valence-electron chi connectivity index (χ2n) is 4.13. The van der Waals surface area contributed by atoms with Crippen molar-refractivity contribution >= 4 is 34.7 Å². The number of amides is 1. The van der Waals surface area contributed by atoms with Gasteiger partial charge in [0.05, 0.1) is 4.92 Å². The van der Waals surface area contributed by atoms with E-state index in [1.54, 1.807) is 6.92 Å². The molecule has 0 aromatic heterocycles. The van der Waals surface area contributed by atoms with E-state index in [0.717, 1.165) is 0 Å². The average molecular weight is 285 g/mol. The highest BCUT2D eigenvalue weighted by Gasteiger charge is 2.16. The number of ketones is 1. The first-order chi connectivity index (χ1) is 8.81. The van der Waals surface area contributed by atoms with Gasteiger partial charge in [-0.3, -0.25) is 14.9 Å². The summed E-state index contributed by atoms with van der Waals surface area (Å²) >= 11 is 5.76. The number of carbonyl (C=O) groups is 2. The number of aryl methyl sites for hydroxylation is 1. The fourth-order valence-corrected chi connectivity index (χ4v) is 1.68. The Morgan fingerprint density at radius 1 is 1.37 bits per heavy atom. The summed E-state index contributed by atoms with van der Waals surface area (Å²) in [5.74, 6) is -0.406. The molecule has 1 amide bonds. The Bertz CT molecular complexity index is 543. The molecular formula is C12H13ClN2O4. The molecule has 19 heavy (non-hydrogen) atoms. The molecule has 102 valence electrons. The fourth-order valence-electron chi connectivity index (χ4n) is 1.44. The molecule has 6 nitrogen and oxygen atoms in total. The van der Waals surface area contributed by atoms with E-state index in [1.165, 1.54) is 19.1 Å². The summed E-state index contributed by atoms with van der Waals surface area (Å²) < 4.78 is 0. The third kappa shape index (κ3) is 4.33. The Balaban J connectivity index is 2.85. The molecule has 1 N–H and O–H groups in total. The zero-order valence-corrected chi connectivity index (χ0v) is 11.3. The molecule has 0 fully saturated rings. The highest BCUT2D eigenvalue weighted by atomic mass is 35.5. The number of Topliss-reactive ketones (excluding diaryl/α,β-unsaturated/α-hetero) is 1. The molecular weight excluding hydrogens is 272 g/mol. The van der Waals surface area contributed by atoms with Crippen LogP contribution in [0.15, 0.2) is 12.1 Å². The zero-order chi connectivity index (χ0) is 14.6. The molecule has 0 radical (unpaired) electrons. The third-order valence-electron chi connectivity index (χ3n) is 2.47. The summed E-state index contributed by atoms with van der Waals surface area (Å²) in [7, 11) is 0. The molecule has 1 aromatic rings. The van der Waals surface area contributed by atoms with Crippen molar-refractivity contribution in [2.75, 3.05) is 5.32 Å². The molecule has 0 saturated carbocycles. The van der Waals surface area contributed by atoms with Gasteiger partial charge in [0.25, 0.3) is 5.69 Å². The minimum Gasteiger partial charge on any atom is -0.326 e. The Labute approximate surface area is 114 Å². The van der Waals surface area contributed by atoms with Gasteiger partial charge in [0.15, 0.2) is 0 Å². The minimum atomic E-state index is -0.587. The van der Waals surface area contributed by atoms with Crippen LogP contribution in [0.5, 0.6) is 0 Å². The number of halogens is 1. The Morgan fingerprint density at radius 3 is 2.53 bits per heavy atom. The van der Waals surface area contributed by atoms with Gasteiger partial charge in [-0.2, -0.15) is 0 Å². The summed E-state index contributed by atoms with van der Waals surface area (Å²) in [5, 5.41) is 13.2. The summed E-state index contributed by atoms with van der Waals surface area (Å²) in [5.41, 5.74) is 0.734. The summed E-state index contributed by atoms with van der Waals surface area (Å²) in [6.07, 6.45) is 0.231. The first kappa shape index (κ1) is 15.1. The van der Waals surface area contributed by atoms with Crippen LogP contribution in [-0.2, 0) is 9.59 Å². The van der Waals surface area contributed by atoms with Crippen molar-refractivity contribution in [1.29, 1.82) is 0 Å². The summed E-state index contributed by atoms with van der Waals surface area (Å²) in [6, 6.07) is 2.63. The molecule has 0 bridgehead atoms. The third-order valence-corrected chi connectivity index (χ3v) is 2.77. The highest BCUT2D eigenvalue weighted by Crippen LogP contribution is 2.30. The van der Waals surface area contributed by atoms with Crippen LogP contribution in [0.3, 0.4) is 0 Å². The van der Waals surface area contributed by atoms with Crippen molar-refractivity contribution in [1.82, 2.24) is 0 Å². The first-order valence-corrected chi connectivity index (χ1v) is 5.93. The predicted octanol–water partition coefficient (Wildman–Crippen LogP) is 2.86. The highest BCUT2D eigenvalue weighted by molar-refractivity contribution is 6.33. The number of rotatable bonds is 5. The number of nitro groups is 1. The maximum absolute atomic E-state index is 11.6. The second kappa shape index (κ2) is 6.29. The van der Waals surface area contributed by atoms with Gasteiger partial charge in [-0.05, 0) is 25.5 Å². The average Bonchev–Trinajstić information content (AvgIpc) is 2.30. The van der Waals surface area contributed by atoms with Crippen LogP contribution >= 0.6 is 11.6 Å². The molecule has 0 aliphatic rings. The number of hydrogen-bond donors (Lipinski definition) is 1. The van der Waals surface area contributed by atoms with E-state index >= 15 is 0 Å². The number of nitrogens with one attached hydrogen (secondary N) is 1. The largest absolute Gasteiger partial charge is 0.326 e. The number of hydrogen-bond acceptors (Lipinski definition) is 4. The van der Waals surface area contributed by atoms with E-state index in [2.05, 4.69) is 5.32 Å². The monoisotopic (exact) mass is 284 g/mol. The summed E-state index contributed by atoms with van der Waals surface area (Å²) in [4.78, 5) is 32.4. The van der Waals surface area contributed by atoms with E-state index in [4.69, 9.17) is 11.6 Å². The zero-order valence-electron chi connectivity index (χ0n) is 10.5. The first-order valence-electron chi connectivity index (χ1n) is 5.55. The van der Waals surface area contributed by atoms with Crippen molar-refractivity contribution < 1.29 is 14.5 Å². The molecule has 0 spiro atoms. The maximum atomic E-state index is 11.6. The SMILES string of the molecule is CC(=O)CCC(=O)Nc1cc(Cl)c([N+](=O)[O-])cc1C. The number of nitro benzene ring substituents is 1. The Kier molecular flexibility index (Phi) is 5.00. The number of anilines is 1. The minimum absolute atomic E-state index is 0.0440. The normalized spacial score (nSPS) is 10.1. The topological polar surface area (TPSA) is 89.3 Å². The van der Waals surface area contributed by atoms with Gasteiger partial charge in [-0.15, -0.1) is 0 Å². The van der Waals surface area contributed by atoms with Crippen molar-refractivity contribution in [3.8, 4) is 0 Å². The van der Waals surface area contributed by atoms with Gasteiger partial charge in [0.1, 0.15) is 10.8 Å². The van der Waals surface area contributed by atoms with Crippen LogP contribution in [0.1, 0.15) is 25.3 Å². The predicted molar refractivity (Wildman–Crippen MR) is 71.4 cm³/mol. The molecule has 1 rings (SSSR count). The van der Waals surface area contributed by atoms with Crippen LogP contribution in [0.2, 0.25) is 5.02 Å².